The quantitative estimate of drug-likeness (QED) is 0.237. The Labute approximate surface area is 259 Å². The molecular formula is C32H39Cl2N3O4S. The summed E-state index contributed by atoms with van der Waals surface area (Å²) in [6.45, 7) is 10.6. The highest BCUT2D eigenvalue weighted by atomic mass is 35.5. The van der Waals surface area contributed by atoms with E-state index >= 15 is 0 Å². The van der Waals surface area contributed by atoms with Crippen LogP contribution < -0.4 is 9.62 Å². The lowest BCUT2D eigenvalue weighted by Gasteiger charge is -2.34. The van der Waals surface area contributed by atoms with Crippen molar-refractivity contribution >= 4 is 50.7 Å². The predicted molar refractivity (Wildman–Crippen MR) is 171 cm³/mol. The molecule has 1 N–H and O–H groups in total. The zero-order valence-electron chi connectivity index (χ0n) is 24.9. The number of benzene rings is 3. The zero-order chi connectivity index (χ0) is 31.2. The number of hydrogen-bond donors (Lipinski definition) is 1. The monoisotopic (exact) mass is 631 g/mol. The van der Waals surface area contributed by atoms with Crippen LogP contribution in [0.4, 0.5) is 5.69 Å². The van der Waals surface area contributed by atoms with Crippen LogP contribution in [0.25, 0.3) is 0 Å². The third-order valence-corrected chi connectivity index (χ3v) is 9.66. The molecular weight excluding hydrogens is 593 g/mol. The molecule has 42 heavy (non-hydrogen) atoms. The molecule has 0 radical (unpaired) electrons. The molecule has 0 saturated carbocycles. The number of aryl methyl sites for hydroxylation is 3. The van der Waals surface area contributed by atoms with Crippen molar-refractivity contribution in [1.29, 1.82) is 0 Å². The van der Waals surface area contributed by atoms with Crippen LogP contribution in [-0.4, -0.2) is 43.8 Å². The third kappa shape index (κ3) is 8.06. The molecule has 0 saturated heterocycles. The lowest BCUT2D eigenvalue weighted by atomic mass is 10.1. The molecule has 0 fully saturated rings. The minimum absolute atomic E-state index is 0.0577. The molecule has 3 aromatic rings. The topological polar surface area (TPSA) is 86.8 Å². The van der Waals surface area contributed by atoms with Gasteiger partial charge in [0.05, 0.1) is 10.6 Å². The molecule has 3 aromatic carbocycles. The molecule has 2 atom stereocenters. The van der Waals surface area contributed by atoms with Crippen molar-refractivity contribution in [2.75, 3.05) is 10.8 Å². The number of halogens is 2. The summed E-state index contributed by atoms with van der Waals surface area (Å²) >= 11 is 13.0. The van der Waals surface area contributed by atoms with Crippen molar-refractivity contribution in [1.82, 2.24) is 10.2 Å². The Morgan fingerprint density at radius 1 is 0.857 bits per heavy atom. The highest BCUT2D eigenvalue weighted by Crippen LogP contribution is 2.29. The Morgan fingerprint density at radius 2 is 1.43 bits per heavy atom. The first-order valence-electron chi connectivity index (χ1n) is 14.0. The van der Waals surface area contributed by atoms with Crippen LogP contribution in [-0.2, 0) is 26.2 Å². The number of nitrogens with one attached hydrogen (secondary N) is 1. The second-order valence-electron chi connectivity index (χ2n) is 10.6. The van der Waals surface area contributed by atoms with Crippen LogP contribution >= 0.6 is 23.2 Å². The Morgan fingerprint density at radius 3 is 1.95 bits per heavy atom. The molecule has 0 unspecified atom stereocenters. The molecule has 0 bridgehead atoms. The van der Waals surface area contributed by atoms with E-state index < -0.39 is 28.5 Å². The Bertz CT molecular complexity index is 1490. The molecule has 0 aliphatic carbocycles. The standard InChI is InChI=1S/C32H39Cl2N3O4S/c1-7-24(6)35-32(39)30(8-2)36(19-27-28(33)10-9-11-29(27)34)31(38)20-37(25-17-22(4)16-23(5)18-25)42(40,41)26-14-12-21(3)13-15-26/h9-18,24,30H,7-8,19-20H2,1-6H3,(H,35,39)/t24-,30+/m0/s1. The van der Waals surface area contributed by atoms with Crippen LogP contribution in [0.15, 0.2) is 65.6 Å². The maximum Gasteiger partial charge on any atom is 0.264 e. The highest BCUT2D eigenvalue weighted by molar-refractivity contribution is 7.92. The normalized spacial score (nSPS) is 12.9. The van der Waals surface area contributed by atoms with Crippen molar-refractivity contribution in [2.24, 2.45) is 0 Å². The van der Waals surface area contributed by atoms with Gasteiger partial charge in [0.15, 0.2) is 0 Å². The number of sulfonamides is 1. The number of hydrogen-bond acceptors (Lipinski definition) is 4. The molecule has 2 amide bonds. The summed E-state index contributed by atoms with van der Waals surface area (Å²) in [5.74, 6) is -0.894. The van der Waals surface area contributed by atoms with Gasteiger partial charge in [0, 0.05) is 28.2 Å². The summed E-state index contributed by atoms with van der Waals surface area (Å²) in [6, 6.07) is 15.9. The largest absolute Gasteiger partial charge is 0.352 e. The minimum Gasteiger partial charge on any atom is -0.352 e. The molecule has 10 heteroatoms. The van der Waals surface area contributed by atoms with Crippen LogP contribution in [0.3, 0.4) is 0 Å². The average molecular weight is 633 g/mol. The molecule has 0 spiro atoms. The fraction of sp³-hybridized carbons (Fsp3) is 0.375. The van der Waals surface area contributed by atoms with Crippen molar-refractivity contribution in [3.63, 3.8) is 0 Å². The van der Waals surface area contributed by atoms with Gasteiger partial charge >= 0.3 is 0 Å². The lowest BCUT2D eigenvalue weighted by Crippen LogP contribution is -2.53. The molecule has 0 aliphatic heterocycles. The Kier molecular flexibility index (Phi) is 11.5. The van der Waals surface area contributed by atoms with E-state index in [4.69, 9.17) is 23.2 Å². The van der Waals surface area contributed by atoms with Gasteiger partial charge in [-0.25, -0.2) is 8.42 Å². The Balaban J connectivity index is 2.13. The molecule has 0 heterocycles. The van der Waals surface area contributed by atoms with E-state index in [9.17, 15) is 18.0 Å². The van der Waals surface area contributed by atoms with E-state index in [1.165, 1.54) is 17.0 Å². The van der Waals surface area contributed by atoms with E-state index in [0.29, 0.717) is 34.1 Å². The number of rotatable bonds is 12. The van der Waals surface area contributed by atoms with E-state index in [2.05, 4.69) is 5.32 Å². The second kappa shape index (κ2) is 14.4. The molecule has 3 rings (SSSR count). The molecule has 0 aromatic heterocycles. The summed E-state index contributed by atoms with van der Waals surface area (Å²) < 4.78 is 29.3. The number of carbonyl (C=O) groups is 2. The first-order valence-corrected chi connectivity index (χ1v) is 16.2. The van der Waals surface area contributed by atoms with Gasteiger partial charge in [-0.2, -0.15) is 0 Å². The SMILES string of the molecule is CC[C@H](C(=O)N[C@@H](C)CC)N(Cc1c(Cl)cccc1Cl)C(=O)CN(c1cc(C)cc(C)c1)S(=O)(=O)c1ccc(C)cc1. The second-order valence-corrected chi connectivity index (χ2v) is 13.3. The first-order chi connectivity index (χ1) is 19.8. The third-order valence-electron chi connectivity index (χ3n) is 7.16. The van der Waals surface area contributed by atoms with Crippen molar-refractivity contribution in [3.8, 4) is 0 Å². The first kappa shape index (κ1) is 33.4. The zero-order valence-corrected chi connectivity index (χ0v) is 27.3. The predicted octanol–water partition coefficient (Wildman–Crippen LogP) is 6.84. The van der Waals surface area contributed by atoms with Gasteiger partial charge in [0.2, 0.25) is 11.8 Å². The van der Waals surface area contributed by atoms with Gasteiger partial charge in [-0.05, 0) is 88.1 Å². The van der Waals surface area contributed by atoms with Crippen molar-refractivity contribution < 1.29 is 18.0 Å². The molecule has 226 valence electrons. The van der Waals surface area contributed by atoms with E-state index in [0.717, 1.165) is 21.0 Å². The minimum atomic E-state index is -4.16. The number of nitrogens with zero attached hydrogens (tertiary/aromatic N) is 2. The summed E-state index contributed by atoms with van der Waals surface area (Å²) in [5.41, 5.74) is 3.43. The smallest absolute Gasteiger partial charge is 0.264 e. The van der Waals surface area contributed by atoms with Crippen molar-refractivity contribution in [3.05, 3.63) is 93.0 Å². The maximum absolute atomic E-state index is 14.3. The summed E-state index contributed by atoms with van der Waals surface area (Å²) in [4.78, 5) is 29.1. The van der Waals surface area contributed by atoms with E-state index in [1.807, 2.05) is 40.7 Å². The fourth-order valence-corrected chi connectivity index (χ4v) is 6.59. The van der Waals surface area contributed by atoms with Crippen LogP contribution in [0.5, 0.6) is 0 Å². The molecule has 0 aliphatic rings. The highest BCUT2D eigenvalue weighted by Gasteiger charge is 2.34. The van der Waals surface area contributed by atoms with E-state index in [1.54, 1.807) is 49.4 Å². The van der Waals surface area contributed by atoms with Gasteiger partial charge in [-0.15, -0.1) is 0 Å². The number of anilines is 1. The average Bonchev–Trinajstić information content (AvgIpc) is 2.92. The lowest BCUT2D eigenvalue weighted by molar-refractivity contribution is -0.140. The number of amides is 2. The summed E-state index contributed by atoms with van der Waals surface area (Å²) in [6.07, 6.45) is 1.01. The van der Waals surface area contributed by atoms with Crippen LogP contribution in [0.1, 0.15) is 55.9 Å². The van der Waals surface area contributed by atoms with E-state index in [-0.39, 0.29) is 23.4 Å². The van der Waals surface area contributed by atoms with Crippen LogP contribution in [0.2, 0.25) is 10.0 Å². The van der Waals surface area contributed by atoms with Gasteiger partial charge in [0.25, 0.3) is 10.0 Å². The number of carbonyl (C=O) groups excluding carboxylic acids is 2. The maximum atomic E-state index is 14.3. The van der Waals surface area contributed by atoms with Gasteiger partial charge in [-0.3, -0.25) is 13.9 Å². The van der Waals surface area contributed by atoms with Gasteiger partial charge in [0.1, 0.15) is 12.6 Å². The summed E-state index contributed by atoms with van der Waals surface area (Å²) in [5, 5.41) is 3.65. The van der Waals surface area contributed by atoms with Gasteiger partial charge in [-0.1, -0.05) is 66.9 Å². The Hall–Kier alpha value is -3.07. The summed E-state index contributed by atoms with van der Waals surface area (Å²) in [7, 11) is -4.16. The van der Waals surface area contributed by atoms with Gasteiger partial charge < -0.3 is 10.2 Å². The fourth-order valence-electron chi connectivity index (χ4n) is 4.68. The van der Waals surface area contributed by atoms with Crippen LogP contribution in [0, 0.1) is 20.8 Å². The van der Waals surface area contributed by atoms with Crippen molar-refractivity contribution in [2.45, 2.75) is 77.9 Å². The molecule has 7 nitrogen and oxygen atoms in total.